The van der Waals surface area contributed by atoms with Crippen molar-refractivity contribution in [3.05, 3.63) is 71.5 Å². The van der Waals surface area contributed by atoms with Gasteiger partial charge in [-0.3, -0.25) is 4.79 Å². The SMILES string of the molecule is COc1ccc(CN(C)C(=O)c2cc3ccccc3cc2O)cc1F. The number of carbonyl (C=O) groups excluding carboxylic acids is 1. The number of hydrogen-bond acceptors (Lipinski definition) is 3. The number of nitrogens with zero attached hydrogens (tertiary/aromatic N) is 1. The van der Waals surface area contributed by atoms with Gasteiger partial charge in [0, 0.05) is 13.6 Å². The van der Waals surface area contributed by atoms with Gasteiger partial charge in [0.05, 0.1) is 12.7 Å². The topological polar surface area (TPSA) is 49.8 Å². The van der Waals surface area contributed by atoms with Gasteiger partial charge in [-0.1, -0.05) is 30.3 Å². The zero-order valence-electron chi connectivity index (χ0n) is 14.0. The number of benzene rings is 3. The van der Waals surface area contributed by atoms with Gasteiger partial charge in [0.2, 0.25) is 0 Å². The van der Waals surface area contributed by atoms with E-state index in [1.807, 2.05) is 24.3 Å². The van der Waals surface area contributed by atoms with Gasteiger partial charge >= 0.3 is 0 Å². The lowest BCUT2D eigenvalue weighted by molar-refractivity contribution is 0.0782. The van der Waals surface area contributed by atoms with Crippen LogP contribution in [0.1, 0.15) is 15.9 Å². The van der Waals surface area contributed by atoms with E-state index >= 15 is 0 Å². The lowest BCUT2D eigenvalue weighted by Crippen LogP contribution is -2.26. The first-order valence-corrected chi connectivity index (χ1v) is 7.79. The van der Waals surface area contributed by atoms with Crippen molar-refractivity contribution >= 4 is 16.7 Å². The molecule has 0 spiro atoms. The number of phenolic OH excluding ortho intramolecular Hbond substituents is 1. The van der Waals surface area contributed by atoms with Gasteiger partial charge in [-0.05, 0) is 40.6 Å². The van der Waals surface area contributed by atoms with Gasteiger partial charge in [0.25, 0.3) is 5.91 Å². The van der Waals surface area contributed by atoms with Crippen LogP contribution in [-0.4, -0.2) is 30.1 Å². The van der Waals surface area contributed by atoms with Crippen molar-refractivity contribution < 1.29 is 19.0 Å². The lowest BCUT2D eigenvalue weighted by atomic mass is 10.0. The minimum Gasteiger partial charge on any atom is -0.507 e. The highest BCUT2D eigenvalue weighted by Gasteiger charge is 2.17. The first kappa shape index (κ1) is 16.8. The number of ether oxygens (including phenoxy) is 1. The van der Waals surface area contributed by atoms with E-state index in [-0.39, 0.29) is 29.5 Å². The molecule has 0 saturated heterocycles. The Bertz CT molecular complexity index is 939. The van der Waals surface area contributed by atoms with Crippen molar-refractivity contribution in [2.75, 3.05) is 14.2 Å². The van der Waals surface area contributed by atoms with E-state index < -0.39 is 5.82 Å². The summed E-state index contributed by atoms with van der Waals surface area (Å²) >= 11 is 0. The van der Waals surface area contributed by atoms with Crippen LogP contribution in [0.4, 0.5) is 4.39 Å². The fourth-order valence-electron chi connectivity index (χ4n) is 2.76. The van der Waals surface area contributed by atoms with Crippen LogP contribution >= 0.6 is 0 Å². The van der Waals surface area contributed by atoms with Crippen LogP contribution in [-0.2, 0) is 6.54 Å². The van der Waals surface area contributed by atoms with Crippen molar-refractivity contribution in [3.63, 3.8) is 0 Å². The average Bonchev–Trinajstić information content (AvgIpc) is 2.60. The van der Waals surface area contributed by atoms with Crippen molar-refractivity contribution in [2.24, 2.45) is 0 Å². The minimum absolute atomic E-state index is 0.0727. The maximum Gasteiger partial charge on any atom is 0.257 e. The average molecular weight is 339 g/mol. The summed E-state index contributed by atoms with van der Waals surface area (Å²) in [6.07, 6.45) is 0. The molecule has 0 saturated carbocycles. The number of hydrogen-bond donors (Lipinski definition) is 1. The second kappa shape index (κ2) is 6.81. The number of amides is 1. The summed E-state index contributed by atoms with van der Waals surface area (Å²) in [7, 11) is 3.01. The molecule has 128 valence electrons. The van der Waals surface area contributed by atoms with Crippen LogP contribution in [0.25, 0.3) is 10.8 Å². The number of aromatic hydroxyl groups is 1. The molecule has 0 aliphatic carbocycles. The second-order valence-corrected chi connectivity index (χ2v) is 5.85. The summed E-state index contributed by atoms with van der Waals surface area (Å²) in [6.45, 7) is 0.214. The third-order valence-electron chi connectivity index (χ3n) is 4.08. The molecule has 0 bridgehead atoms. The molecule has 0 aliphatic heterocycles. The van der Waals surface area contributed by atoms with Crippen LogP contribution in [0.15, 0.2) is 54.6 Å². The number of halogens is 1. The summed E-state index contributed by atoms with van der Waals surface area (Å²) in [4.78, 5) is 14.1. The molecule has 4 nitrogen and oxygen atoms in total. The van der Waals surface area contributed by atoms with E-state index in [1.54, 1.807) is 25.2 Å². The molecule has 0 unspecified atom stereocenters. The van der Waals surface area contributed by atoms with Crippen molar-refractivity contribution in [2.45, 2.75) is 6.54 Å². The summed E-state index contributed by atoms with van der Waals surface area (Å²) < 4.78 is 18.7. The number of carbonyl (C=O) groups is 1. The van der Waals surface area contributed by atoms with Crippen molar-refractivity contribution in [1.29, 1.82) is 0 Å². The predicted molar refractivity (Wildman–Crippen MR) is 94.4 cm³/mol. The summed E-state index contributed by atoms with van der Waals surface area (Å²) in [5, 5.41) is 11.9. The first-order valence-electron chi connectivity index (χ1n) is 7.79. The molecule has 3 aromatic rings. The molecule has 5 heteroatoms. The Morgan fingerprint density at radius 3 is 2.44 bits per heavy atom. The van der Waals surface area contributed by atoms with Gasteiger partial charge < -0.3 is 14.7 Å². The van der Waals surface area contributed by atoms with Crippen molar-refractivity contribution in [3.8, 4) is 11.5 Å². The third kappa shape index (κ3) is 3.40. The normalized spacial score (nSPS) is 10.7. The number of phenols is 1. The minimum atomic E-state index is -0.477. The zero-order chi connectivity index (χ0) is 18.0. The van der Waals surface area contributed by atoms with E-state index in [2.05, 4.69) is 0 Å². The van der Waals surface area contributed by atoms with Gasteiger partial charge in [-0.25, -0.2) is 4.39 Å². The monoisotopic (exact) mass is 339 g/mol. The Kier molecular flexibility index (Phi) is 4.57. The van der Waals surface area contributed by atoms with Crippen LogP contribution < -0.4 is 4.74 Å². The fraction of sp³-hybridized carbons (Fsp3) is 0.150. The van der Waals surface area contributed by atoms with Crippen LogP contribution in [0.5, 0.6) is 11.5 Å². The molecule has 0 aromatic heterocycles. The van der Waals surface area contributed by atoms with Crippen molar-refractivity contribution in [1.82, 2.24) is 4.90 Å². The van der Waals surface area contributed by atoms with Gasteiger partial charge in [0.15, 0.2) is 11.6 Å². The highest BCUT2D eigenvalue weighted by Crippen LogP contribution is 2.26. The van der Waals surface area contributed by atoms with Gasteiger partial charge in [0.1, 0.15) is 5.75 Å². The second-order valence-electron chi connectivity index (χ2n) is 5.85. The maximum atomic E-state index is 13.8. The highest BCUT2D eigenvalue weighted by molar-refractivity contribution is 6.01. The summed E-state index contributed by atoms with van der Waals surface area (Å²) in [5.74, 6) is -0.727. The molecule has 3 rings (SSSR count). The molecule has 0 aliphatic rings. The largest absolute Gasteiger partial charge is 0.507 e. The number of fused-ring (bicyclic) bond motifs is 1. The van der Waals surface area contributed by atoms with Gasteiger partial charge in [-0.15, -0.1) is 0 Å². The van der Waals surface area contributed by atoms with E-state index in [1.165, 1.54) is 24.1 Å². The first-order chi connectivity index (χ1) is 12.0. The fourth-order valence-corrected chi connectivity index (χ4v) is 2.76. The Labute approximate surface area is 145 Å². The van der Waals surface area contributed by atoms with Crippen LogP contribution in [0.3, 0.4) is 0 Å². The molecule has 1 amide bonds. The smallest absolute Gasteiger partial charge is 0.257 e. The van der Waals surface area contributed by atoms with E-state index in [0.29, 0.717) is 5.56 Å². The summed E-state index contributed by atoms with van der Waals surface area (Å²) in [6, 6.07) is 15.3. The van der Waals surface area contributed by atoms with Crippen LogP contribution in [0.2, 0.25) is 0 Å². The Morgan fingerprint density at radius 2 is 1.80 bits per heavy atom. The van der Waals surface area contributed by atoms with E-state index in [9.17, 15) is 14.3 Å². The Balaban J connectivity index is 1.85. The molecule has 0 fully saturated rings. The third-order valence-corrected chi connectivity index (χ3v) is 4.08. The quantitative estimate of drug-likeness (QED) is 0.782. The highest BCUT2D eigenvalue weighted by atomic mass is 19.1. The zero-order valence-corrected chi connectivity index (χ0v) is 14.0. The lowest BCUT2D eigenvalue weighted by Gasteiger charge is -2.18. The summed E-state index contributed by atoms with van der Waals surface area (Å²) in [5.41, 5.74) is 0.851. The molecule has 0 radical (unpaired) electrons. The predicted octanol–water partition coefficient (Wildman–Crippen LogP) is 3.97. The molecular weight excluding hydrogens is 321 g/mol. The molecule has 1 N–H and O–H groups in total. The molecule has 0 atom stereocenters. The number of rotatable bonds is 4. The van der Waals surface area contributed by atoms with E-state index in [4.69, 9.17) is 4.74 Å². The Hall–Kier alpha value is -3.08. The van der Waals surface area contributed by atoms with Gasteiger partial charge in [-0.2, -0.15) is 0 Å². The van der Waals surface area contributed by atoms with Crippen LogP contribution in [0, 0.1) is 5.82 Å². The standard InChI is InChI=1S/C20H18FNO3/c1-22(12-13-7-8-19(25-2)17(21)9-13)20(24)16-10-14-5-3-4-6-15(14)11-18(16)23/h3-11,23H,12H2,1-2H3. The molecule has 3 aromatic carbocycles. The molecule has 25 heavy (non-hydrogen) atoms. The molecular formula is C20H18FNO3. The van der Waals surface area contributed by atoms with E-state index in [0.717, 1.165) is 10.8 Å². The molecule has 0 heterocycles. The Morgan fingerprint density at radius 1 is 1.12 bits per heavy atom. The number of methoxy groups -OCH3 is 1. The maximum absolute atomic E-state index is 13.8.